The van der Waals surface area contributed by atoms with Gasteiger partial charge in [-0.05, 0) is 66.4 Å². The van der Waals surface area contributed by atoms with Crippen LogP contribution in [0.3, 0.4) is 0 Å². The lowest BCUT2D eigenvalue weighted by atomic mass is 10.1. The molecule has 170 valence electrons. The third kappa shape index (κ3) is 5.82. The number of fused-ring (bicyclic) bond motifs is 1. The van der Waals surface area contributed by atoms with Crippen LogP contribution in [-0.2, 0) is 34.3 Å². The van der Waals surface area contributed by atoms with Gasteiger partial charge in [0.05, 0.1) is 17.1 Å². The summed E-state index contributed by atoms with van der Waals surface area (Å²) in [4.78, 5) is 28.3. The summed E-state index contributed by atoms with van der Waals surface area (Å²) in [7, 11) is -3.73. The number of nitrogens with zero attached hydrogens (tertiary/aromatic N) is 1. The van der Waals surface area contributed by atoms with Crippen molar-refractivity contribution in [1.29, 1.82) is 0 Å². The van der Waals surface area contributed by atoms with E-state index >= 15 is 0 Å². The maximum absolute atomic E-state index is 12.8. The normalized spacial score (nSPS) is 13.5. The molecule has 9 heteroatoms. The third-order valence-corrected chi connectivity index (χ3v) is 6.75. The first-order valence-electron chi connectivity index (χ1n) is 10.6. The minimum absolute atomic E-state index is 0.0589. The number of nitrogens with one attached hydrogen (secondary N) is 3. The molecule has 2 aromatic carbocycles. The average molecular weight is 465 g/mol. The van der Waals surface area contributed by atoms with Crippen molar-refractivity contribution in [3.05, 3.63) is 89.2 Å². The lowest BCUT2D eigenvalue weighted by molar-refractivity contribution is -0.116. The van der Waals surface area contributed by atoms with Gasteiger partial charge in [-0.3, -0.25) is 14.6 Å². The number of benzene rings is 2. The quantitative estimate of drug-likeness (QED) is 0.497. The molecule has 2 amide bonds. The van der Waals surface area contributed by atoms with Crippen molar-refractivity contribution >= 4 is 27.5 Å². The molecule has 0 saturated heterocycles. The second-order valence-electron chi connectivity index (χ2n) is 7.75. The Bertz CT molecular complexity index is 1260. The highest BCUT2D eigenvalue weighted by Crippen LogP contribution is 2.25. The number of sulfonamides is 1. The van der Waals surface area contributed by atoms with Gasteiger partial charge in [0.15, 0.2) is 0 Å². The second kappa shape index (κ2) is 9.93. The summed E-state index contributed by atoms with van der Waals surface area (Å²) in [5.74, 6) is -0.291. The third-order valence-electron chi connectivity index (χ3n) is 5.35. The number of hydrogen-bond acceptors (Lipinski definition) is 5. The first-order valence-corrected chi connectivity index (χ1v) is 12.1. The minimum atomic E-state index is -3.73. The highest BCUT2D eigenvalue weighted by atomic mass is 32.2. The lowest BCUT2D eigenvalue weighted by Crippen LogP contribution is -2.24. The molecule has 3 aromatic rings. The van der Waals surface area contributed by atoms with Crippen LogP contribution in [0.25, 0.3) is 0 Å². The molecule has 0 spiro atoms. The molecule has 0 fully saturated rings. The van der Waals surface area contributed by atoms with Crippen molar-refractivity contribution in [2.45, 2.75) is 37.2 Å². The summed E-state index contributed by atoms with van der Waals surface area (Å²) in [5.41, 5.74) is 3.43. The number of pyridine rings is 1. The van der Waals surface area contributed by atoms with Crippen LogP contribution in [0, 0.1) is 0 Å². The van der Waals surface area contributed by atoms with Crippen molar-refractivity contribution in [2.24, 2.45) is 0 Å². The number of carbonyl (C=O) groups is 2. The van der Waals surface area contributed by atoms with E-state index in [2.05, 4.69) is 20.3 Å². The standard InChI is InChI=1S/C24H24N4O4S/c29-23-6-3-4-19-14-21(11-12-22(19)28-23)33(31,32)27-15-17-7-9-18(10-8-17)24(30)26-16-20-5-1-2-13-25-20/h1-2,5,7-14,27H,3-4,6,15-16H2,(H,26,30)(H,28,29). The largest absolute Gasteiger partial charge is 0.346 e. The van der Waals surface area contributed by atoms with Crippen LogP contribution in [0.15, 0.2) is 71.8 Å². The predicted molar refractivity (Wildman–Crippen MR) is 124 cm³/mol. The zero-order valence-electron chi connectivity index (χ0n) is 17.9. The van der Waals surface area contributed by atoms with E-state index in [-0.39, 0.29) is 23.3 Å². The monoisotopic (exact) mass is 464 g/mol. The number of anilines is 1. The number of aryl methyl sites for hydroxylation is 1. The van der Waals surface area contributed by atoms with E-state index < -0.39 is 10.0 Å². The number of carbonyl (C=O) groups excluding carboxylic acids is 2. The fourth-order valence-electron chi connectivity index (χ4n) is 3.53. The summed E-state index contributed by atoms with van der Waals surface area (Å²) in [5, 5.41) is 5.61. The van der Waals surface area contributed by atoms with Gasteiger partial charge < -0.3 is 10.6 Å². The first-order chi connectivity index (χ1) is 15.9. The van der Waals surface area contributed by atoms with Crippen LogP contribution in [0.1, 0.15) is 40.0 Å². The first kappa shape index (κ1) is 22.6. The van der Waals surface area contributed by atoms with Gasteiger partial charge in [0.1, 0.15) is 0 Å². The minimum Gasteiger partial charge on any atom is -0.346 e. The Morgan fingerprint density at radius 2 is 1.82 bits per heavy atom. The maximum atomic E-state index is 12.8. The molecule has 1 aromatic heterocycles. The smallest absolute Gasteiger partial charge is 0.251 e. The van der Waals surface area contributed by atoms with Crippen LogP contribution in [0.4, 0.5) is 5.69 Å². The Morgan fingerprint density at radius 3 is 2.58 bits per heavy atom. The molecule has 2 heterocycles. The number of amides is 2. The number of rotatable bonds is 7. The van der Waals surface area contributed by atoms with Crippen molar-refractivity contribution in [3.63, 3.8) is 0 Å². The number of hydrogen-bond donors (Lipinski definition) is 3. The number of aromatic nitrogens is 1. The molecule has 4 rings (SSSR count). The predicted octanol–water partition coefficient (Wildman–Crippen LogP) is 2.76. The average Bonchev–Trinajstić information content (AvgIpc) is 3.02. The van der Waals surface area contributed by atoms with E-state index in [0.29, 0.717) is 37.1 Å². The second-order valence-corrected chi connectivity index (χ2v) is 9.51. The van der Waals surface area contributed by atoms with E-state index in [1.54, 1.807) is 42.6 Å². The van der Waals surface area contributed by atoms with Crippen molar-refractivity contribution < 1.29 is 18.0 Å². The van der Waals surface area contributed by atoms with E-state index in [1.807, 2.05) is 18.2 Å². The SMILES string of the molecule is O=C1CCCc2cc(S(=O)(=O)NCc3ccc(C(=O)NCc4ccccn4)cc3)ccc2N1. The highest BCUT2D eigenvalue weighted by Gasteiger charge is 2.19. The summed E-state index contributed by atoms with van der Waals surface area (Å²) < 4.78 is 28.1. The molecule has 1 aliphatic rings. The zero-order valence-corrected chi connectivity index (χ0v) is 18.7. The van der Waals surface area contributed by atoms with Gasteiger partial charge in [-0.1, -0.05) is 18.2 Å². The zero-order chi connectivity index (χ0) is 23.3. The summed E-state index contributed by atoms with van der Waals surface area (Å²) in [6.45, 7) is 0.414. The molecule has 0 aliphatic carbocycles. The van der Waals surface area contributed by atoms with Gasteiger partial charge in [0.2, 0.25) is 15.9 Å². The molecule has 0 bridgehead atoms. The van der Waals surface area contributed by atoms with Crippen LogP contribution in [0.5, 0.6) is 0 Å². The molecular formula is C24H24N4O4S. The molecule has 0 radical (unpaired) electrons. The molecule has 0 saturated carbocycles. The van der Waals surface area contributed by atoms with Crippen molar-refractivity contribution in [3.8, 4) is 0 Å². The molecule has 0 atom stereocenters. The summed E-state index contributed by atoms with van der Waals surface area (Å²) >= 11 is 0. The summed E-state index contributed by atoms with van der Waals surface area (Å²) in [6, 6.07) is 17.0. The Balaban J connectivity index is 1.36. The van der Waals surface area contributed by atoms with Crippen LogP contribution < -0.4 is 15.4 Å². The van der Waals surface area contributed by atoms with Gasteiger partial charge in [-0.15, -0.1) is 0 Å². The Kier molecular flexibility index (Phi) is 6.81. The Hall–Kier alpha value is -3.56. The van der Waals surface area contributed by atoms with Gasteiger partial charge in [-0.25, -0.2) is 13.1 Å². The van der Waals surface area contributed by atoms with E-state index in [1.165, 1.54) is 6.07 Å². The van der Waals surface area contributed by atoms with E-state index in [0.717, 1.165) is 16.8 Å². The summed E-state index contributed by atoms with van der Waals surface area (Å²) in [6.07, 6.45) is 3.41. The molecule has 0 unspecified atom stereocenters. The maximum Gasteiger partial charge on any atom is 0.251 e. The van der Waals surface area contributed by atoms with Crippen molar-refractivity contribution in [2.75, 3.05) is 5.32 Å². The van der Waals surface area contributed by atoms with Crippen molar-refractivity contribution in [1.82, 2.24) is 15.0 Å². The molecule has 1 aliphatic heterocycles. The Morgan fingerprint density at radius 1 is 1.00 bits per heavy atom. The van der Waals surface area contributed by atoms with E-state index in [9.17, 15) is 18.0 Å². The molecular weight excluding hydrogens is 440 g/mol. The van der Waals surface area contributed by atoms with Gasteiger partial charge in [0, 0.05) is 30.4 Å². The molecule has 3 N–H and O–H groups in total. The molecule has 33 heavy (non-hydrogen) atoms. The van der Waals surface area contributed by atoms with Gasteiger partial charge >= 0.3 is 0 Å². The lowest BCUT2D eigenvalue weighted by Gasteiger charge is -2.11. The van der Waals surface area contributed by atoms with Crippen LogP contribution >= 0.6 is 0 Å². The van der Waals surface area contributed by atoms with Crippen LogP contribution in [0.2, 0.25) is 0 Å². The fourth-order valence-corrected chi connectivity index (χ4v) is 4.60. The van der Waals surface area contributed by atoms with E-state index in [4.69, 9.17) is 0 Å². The topological polar surface area (TPSA) is 117 Å². The van der Waals surface area contributed by atoms with Gasteiger partial charge in [0.25, 0.3) is 5.91 Å². The highest BCUT2D eigenvalue weighted by molar-refractivity contribution is 7.89. The van der Waals surface area contributed by atoms with Gasteiger partial charge in [-0.2, -0.15) is 0 Å². The Labute approximate surface area is 192 Å². The van der Waals surface area contributed by atoms with Crippen LogP contribution in [-0.4, -0.2) is 25.2 Å². The molecule has 8 nitrogen and oxygen atoms in total. The fraction of sp³-hybridized carbons (Fsp3) is 0.208.